The molecule has 16 heavy (non-hydrogen) atoms. The Morgan fingerprint density at radius 3 is 2.31 bits per heavy atom. The lowest BCUT2D eigenvalue weighted by molar-refractivity contribution is -0.174. The second kappa shape index (κ2) is 6.34. The zero-order chi connectivity index (χ0) is 12.8. The van der Waals surface area contributed by atoms with Crippen LogP contribution in [0.3, 0.4) is 0 Å². The minimum absolute atomic E-state index is 0.362. The van der Waals surface area contributed by atoms with Crippen LogP contribution >= 0.6 is 0 Å². The van der Waals surface area contributed by atoms with E-state index in [2.05, 4.69) is 4.74 Å². The summed E-state index contributed by atoms with van der Waals surface area (Å²) < 4.78 is 39.9. The van der Waals surface area contributed by atoms with Gasteiger partial charge >= 0.3 is 18.1 Å². The van der Waals surface area contributed by atoms with Crippen LogP contribution in [0.15, 0.2) is 0 Å². The van der Waals surface area contributed by atoms with Crippen molar-refractivity contribution in [1.82, 2.24) is 5.32 Å². The van der Waals surface area contributed by atoms with Crippen LogP contribution in [0.2, 0.25) is 0 Å². The van der Waals surface area contributed by atoms with E-state index >= 15 is 0 Å². The van der Waals surface area contributed by atoms with Crippen LogP contribution in [0.4, 0.5) is 13.2 Å². The fourth-order valence-corrected chi connectivity index (χ4v) is 1.13. The van der Waals surface area contributed by atoms with Gasteiger partial charge < -0.3 is 10.1 Å². The average Bonchev–Trinajstić information content (AvgIpc) is 2.21. The normalized spacial score (nSPS) is 13.1. The van der Waals surface area contributed by atoms with Crippen LogP contribution < -0.4 is 5.32 Å². The molecule has 0 aromatic carbocycles. The predicted molar refractivity (Wildman–Crippen MR) is 49.5 cm³/mol. The van der Waals surface area contributed by atoms with Gasteiger partial charge in [-0.1, -0.05) is 13.3 Å². The van der Waals surface area contributed by atoms with E-state index < -0.39 is 24.0 Å². The van der Waals surface area contributed by atoms with E-state index in [1.807, 2.05) is 0 Å². The minimum atomic E-state index is -4.92. The Kier molecular flexibility index (Phi) is 5.84. The van der Waals surface area contributed by atoms with Gasteiger partial charge in [-0.2, -0.15) is 13.2 Å². The Hall–Kier alpha value is -1.27. The molecule has 94 valence electrons. The molecule has 1 amide bonds. The summed E-state index contributed by atoms with van der Waals surface area (Å²) in [4.78, 5) is 21.6. The molecular weight excluding hydrogens is 227 g/mol. The van der Waals surface area contributed by atoms with E-state index in [0.717, 1.165) is 7.11 Å². The van der Waals surface area contributed by atoms with Crippen molar-refractivity contribution in [3.63, 3.8) is 0 Å². The molecule has 0 rings (SSSR count). The summed E-state index contributed by atoms with van der Waals surface area (Å²) in [7, 11) is 1.15. The van der Waals surface area contributed by atoms with Gasteiger partial charge in [-0.3, -0.25) is 9.59 Å². The number of hydrogen-bond acceptors (Lipinski definition) is 3. The number of rotatable bonds is 5. The van der Waals surface area contributed by atoms with Crippen molar-refractivity contribution in [2.24, 2.45) is 5.92 Å². The van der Waals surface area contributed by atoms with Crippen molar-refractivity contribution in [2.45, 2.75) is 25.9 Å². The van der Waals surface area contributed by atoms with Crippen molar-refractivity contribution in [3.8, 4) is 0 Å². The van der Waals surface area contributed by atoms with Crippen molar-refractivity contribution in [1.29, 1.82) is 0 Å². The van der Waals surface area contributed by atoms with E-state index in [4.69, 9.17) is 0 Å². The lowest BCUT2D eigenvalue weighted by atomic mass is 10.0. The molecule has 0 aliphatic rings. The van der Waals surface area contributed by atoms with Gasteiger partial charge in [0.05, 0.1) is 13.0 Å². The molecule has 0 radical (unpaired) electrons. The maximum atomic E-state index is 11.8. The Bertz CT molecular complexity index is 253. The molecule has 0 bridgehead atoms. The van der Waals surface area contributed by atoms with Crippen LogP contribution in [0.25, 0.3) is 0 Å². The molecule has 4 nitrogen and oxygen atoms in total. The maximum absolute atomic E-state index is 11.8. The molecule has 0 spiro atoms. The summed E-state index contributed by atoms with van der Waals surface area (Å²) in [5.41, 5.74) is 0. The monoisotopic (exact) mass is 241 g/mol. The quantitative estimate of drug-likeness (QED) is 0.737. The number of carbonyl (C=O) groups is 2. The predicted octanol–water partition coefficient (Wildman–Crippen LogP) is 1.25. The molecule has 0 aliphatic heterocycles. The largest absolute Gasteiger partial charge is 0.471 e. The van der Waals surface area contributed by atoms with Crippen molar-refractivity contribution >= 4 is 11.9 Å². The highest BCUT2D eigenvalue weighted by atomic mass is 19.4. The molecule has 1 atom stereocenters. The van der Waals surface area contributed by atoms with E-state index in [1.54, 1.807) is 12.2 Å². The van der Waals surface area contributed by atoms with Gasteiger partial charge in [-0.25, -0.2) is 0 Å². The number of halogens is 3. The first kappa shape index (κ1) is 14.7. The van der Waals surface area contributed by atoms with Gasteiger partial charge in [0, 0.05) is 6.54 Å². The van der Waals surface area contributed by atoms with Crippen molar-refractivity contribution in [2.75, 3.05) is 13.7 Å². The zero-order valence-electron chi connectivity index (χ0n) is 9.06. The van der Waals surface area contributed by atoms with E-state index in [0.29, 0.717) is 12.8 Å². The lowest BCUT2D eigenvalue weighted by Gasteiger charge is -2.15. The first-order valence-electron chi connectivity index (χ1n) is 4.75. The van der Waals surface area contributed by atoms with Crippen LogP contribution in [0.1, 0.15) is 19.8 Å². The molecule has 0 aromatic rings. The summed E-state index contributed by atoms with van der Waals surface area (Å²) >= 11 is 0. The lowest BCUT2D eigenvalue weighted by Crippen LogP contribution is -2.41. The number of nitrogens with one attached hydrogen (secondary N) is 1. The Morgan fingerprint density at radius 2 is 1.94 bits per heavy atom. The van der Waals surface area contributed by atoms with Gasteiger partial charge in [0.15, 0.2) is 0 Å². The number of ether oxygens (including phenoxy) is 1. The topological polar surface area (TPSA) is 55.4 Å². The number of esters is 1. The molecule has 0 saturated carbocycles. The van der Waals surface area contributed by atoms with Gasteiger partial charge in [-0.05, 0) is 6.42 Å². The molecule has 0 heterocycles. The SMILES string of the molecule is CCCC(CNC(=O)C(F)(F)F)C(=O)OC. The van der Waals surface area contributed by atoms with Gasteiger partial charge in [0.1, 0.15) is 0 Å². The Labute approximate surface area is 91.1 Å². The first-order chi connectivity index (χ1) is 7.32. The molecule has 0 aromatic heterocycles. The third-order valence-corrected chi connectivity index (χ3v) is 1.94. The standard InChI is InChI=1S/C9H14F3NO3/c1-3-4-6(7(14)16-2)5-13-8(15)9(10,11)12/h6H,3-5H2,1-2H3,(H,13,15). The summed E-state index contributed by atoms with van der Waals surface area (Å²) in [6.45, 7) is 1.42. The summed E-state index contributed by atoms with van der Waals surface area (Å²) in [5.74, 6) is -3.40. The number of methoxy groups -OCH3 is 1. The number of carbonyl (C=O) groups excluding carboxylic acids is 2. The fourth-order valence-electron chi connectivity index (χ4n) is 1.13. The van der Waals surface area contributed by atoms with E-state index in [-0.39, 0.29) is 6.54 Å². The zero-order valence-corrected chi connectivity index (χ0v) is 9.06. The third-order valence-electron chi connectivity index (χ3n) is 1.94. The van der Waals surface area contributed by atoms with Crippen molar-refractivity contribution < 1.29 is 27.5 Å². The fraction of sp³-hybridized carbons (Fsp3) is 0.778. The second-order valence-electron chi connectivity index (χ2n) is 3.22. The summed E-state index contributed by atoms with van der Waals surface area (Å²) in [5, 5.41) is 1.66. The highest BCUT2D eigenvalue weighted by Gasteiger charge is 2.38. The van der Waals surface area contributed by atoms with E-state index in [9.17, 15) is 22.8 Å². The van der Waals surface area contributed by atoms with Gasteiger partial charge in [0.2, 0.25) is 0 Å². The smallest absolute Gasteiger partial charge is 0.469 e. The van der Waals surface area contributed by atoms with Crippen LogP contribution in [0.5, 0.6) is 0 Å². The molecule has 1 unspecified atom stereocenters. The second-order valence-corrected chi connectivity index (χ2v) is 3.22. The van der Waals surface area contributed by atoms with Gasteiger partial charge in [-0.15, -0.1) is 0 Å². The minimum Gasteiger partial charge on any atom is -0.469 e. The van der Waals surface area contributed by atoms with Crippen LogP contribution in [-0.2, 0) is 14.3 Å². The van der Waals surface area contributed by atoms with Crippen LogP contribution in [0, 0.1) is 5.92 Å². The Balaban J connectivity index is 4.22. The van der Waals surface area contributed by atoms with Crippen LogP contribution in [-0.4, -0.2) is 31.7 Å². The number of alkyl halides is 3. The third kappa shape index (κ3) is 4.99. The van der Waals surface area contributed by atoms with Crippen molar-refractivity contribution in [3.05, 3.63) is 0 Å². The average molecular weight is 241 g/mol. The first-order valence-corrected chi connectivity index (χ1v) is 4.75. The molecular formula is C9H14F3NO3. The Morgan fingerprint density at radius 1 is 1.38 bits per heavy atom. The number of amides is 1. The van der Waals surface area contributed by atoms with Gasteiger partial charge in [0.25, 0.3) is 0 Å². The maximum Gasteiger partial charge on any atom is 0.471 e. The van der Waals surface area contributed by atoms with E-state index in [1.165, 1.54) is 0 Å². The molecule has 0 aliphatic carbocycles. The molecule has 0 fully saturated rings. The summed E-state index contributed by atoms with van der Waals surface area (Å²) in [6, 6.07) is 0. The molecule has 7 heteroatoms. The summed E-state index contributed by atoms with van der Waals surface area (Å²) in [6.07, 6.45) is -3.95. The molecule has 1 N–H and O–H groups in total. The highest BCUT2D eigenvalue weighted by Crippen LogP contribution is 2.15. The molecule has 0 saturated heterocycles. The highest BCUT2D eigenvalue weighted by molar-refractivity contribution is 5.82. The number of hydrogen-bond donors (Lipinski definition) is 1.